The highest BCUT2D eigenvalue weighted by Gasteiger charge is 2.25. The number of aryl methyl sites for hydroxylation is 2. The SMILES string of the molecule is Cc1cc(C)n(-c2cncc(N3CCC(C)C(O)C3)n2)n1. The number of nitrogens with zero attached hydrogens (tertiary/aromatic N) is 5. The van der Waals surface area contributed by atoms with Crippen LogP contribution in [-0.2, 0) is 0 Å². The van der Waals surface area contributed by atoms with E-state index in [1.807, 2.05) is 19.9 Å². The number of hydrogen-bond donors (Lipinski definition) is 1. The van der Waals surface area contributed by atoms with Crippen LogP contribution < -0.4 is 4.90 Å². The van der Waals surface area contributed by atoms with E-state index in [2.05, 4.69) is 26.9 Å². The average molecular weight is 287 g/mol. The van der Waals surface area contributed by atoms with Crippen molar-refractivity contribution >= 4 is 5.82 Å². The number of rotatable bonds is 2. The van der Waals surface area contributed by atoms with Gasteiger partial charge < -0.3 is 10.0 Å². The molecule has 21 heavy (non-hydrogen) atoms. The zero-order chi connectivity index (χ0) is 15.0. The lowest BCUT2D eigenvalue weighted by molar-refractivity contribution is 0.102. The molecule has 0 saturated carbocycles. The lowest BCUT2D eigenvalue weighted by atomic mass is 9.96. The van der Waals surface area contributed by atoms with E-state index in [-0.39, 0.29) is 6.10 Å². The molecule has 0 bridgehead atoms. The van der Waals surface area contributed by atoms with Crippen LogP contribution in [0.3, 0.4) is 0 Å². The maximum atomic E-state index is 10.0. The van der Waals surface area contributed by atoms with Gasteiger partial charge in [0.15, 0.2) is 5.82 Å². The predicted molar refractivity (Wildman–Crippen MR) is 80.6 cm³/mol. The molecule has 6 heteroatoms. The Balaban J connectivity index is 1.88. The summed E-state index contributed by atoms with van der Waals surface area (Å²) >= 11 is 0. The molecule has 1 saturated heterocycles. The number of hydrogen-bond acceptors (Lipinski definition) is 5. The summed E-state index contributed by atoms with van der Waals surface area (Å²) in [5.74, 6) is 1.85. The molecule has 2 unspecified atom stereocenters. The molecule has 0 radical (unpaired) electrons. The molecule has 1 aliphatic heterocycles. The summed E-state index contributed by atoms with van der Waals surface area (Å²) in [6.45, 7) is 7.55. The predicted octanol–water partition coefficient (Wildman–Crippen LogP) is 1.49. The molecule has 112 valence electrons. The molecular weight excluding hydrogens is 266 g/mol. The molecular formula is C15H21N5O. The van der Waals surface area contributed by atoms with E-state index in [9.17, 15) is 5.11 Å². The van der Waals surface area contributed by atoms with Gasteiger partial charge in [0, 0.05) is 18.8 Å². The number of aliphatic hydroxyl groups is 1. The third kappa shape index (κ3) is 2.76. The van der Waals surface area contributed by atoms with E-state index in [1.54, 1.807) is 17.1 Å². The molecule has 1 aliphatic rings. The van der Waals surface area contributed by atoms with E-state index in [0.29, 0.717) is 18.3 Å². The Bertz CT molecular complexity index is 639. The summed E-state index contributed by atoms with van der Waals surface area (Å²) in [7, 11) is 0. The van der Waals surface area contributed by atoms with Gasteiger partial charge in [0.25, 0.3) is 0 Å². The number of aromatic nitrogens is 4. The molecule has 2 aromatic rings. The Kier molecular flexibility index (Phi) is 3.63. The maximum Gasteiger partial charge on any atom is 0.174 e. The first-order valence-electron chi connectivity index (χ1n) is 7.33. The lowest BCUT2D eigenvalue weighted by Gasteiger charge is -2.34. The second-order valence-electron chi connectivity index (χ2n) is 5.85. The molecule has 1 N–H and O–H groups in total. The molecule has 3 heterocycles. The zero-order valence-corrected chi connectivity index (χ0v) is 12.7. The first-order chi connectivity index (χ1) is 10.0. The van der Waals surface area contributed by atoms with Crippen LogP contribution >= 0.6 is 0 Å². The molecule has 6 nitrogen and oxygen atoms in total. The van der Waals surface area contributed by atoms with Gasteiger partial charge in [0.2, 0.25) is 0 Å². The van der Waals surface area contributed by atoms with Crippen LogP contribution in [0.5, 0.6) is 0 Å². The van der Waals surface area contributed by atoms with E-state index in [4.69, 9.17) is 0 Å². The molecule has 0 aliphatic carbocycles. The highest BCUT2D eigenvalue weighted by atomic mass is 16.3. The van der Waals surface area contributed by atoms with Gasteiger partial charge in [-0.2, -0.15) is 5.10 Å². The number of piperidine rings is 1. The molecule has 0 spiro atoms. The summed E-state index contributed by atoms with van der Waals surface area (Å²) in [6, 6.07) is 2.01. The van der Waals surface area contributed by atoms with Crippen molar-refractivity contribution in [2.45, 2.75) is 33.3 Å². The second kappa shape index (κ2) is 5.44. The molecule has 0 amide bonds. The molecule has 1 fully saturated rings. The van der Waals surface area contributed by atoms with Crippen molar-refractivity contribution in [1.82, 2.24) is 19.7 Å². The average Bonchev–Trinajstić information content (AvgIpc) is 2.81. The fraction of sp³-hybridized carbons (Fsp3) is 0.533. The van der Waals surface area contributed by atoms with Gasteiger partial charge in [0.1, 0.15) is 5.82 Å². The number of β-amino-alcohol motifs (C(OH)–C–C–N with tert-alkyl or cyclic N) is 1. The van der Waals surface area contributed by atoms with E-state index in [1.165, 1.54) is 0 Å². The van der Waals surface area contributed by atoms with E-state index < -0.39 is 0 Å². The molecule has 3 rings (SSSR count). The van der Waals surface area contributed by atoms with Crippen molar-refractivity contribution in [1.29, 1.82) is 0 Å². The molecule has 2 aromatic heterocycles. The highest BCUT2D eigenvalue weighted by molar-refractivity contribution is 5.40. The maximum absolute atomic E-state index is 10.0. The van der Waals surface area contributed by atoms with Gasteiger partial charge in [-0.1, -0.05) is 6.92 Å². The van der Waals surface area contributed by atoms with E-state index >= 15 is 0 Å². The Morgan fingerprint density at radius 1 is 1.24 bits per heavy atom. The summed E-state index contributed by atoms with van der Waals surface area (Å²) in [5, 5.41) is 14.5. The van der Waals surface area contributed by atoms with Gasteiger partial charge in [-0.05, 0) is 32.3 Å². The number of aliphatic hydroxyl groups excluding tert-OH is 1. The van der Waals surface area contributed by atoms with Crippen LogP contribution in [0.25, 0.3) is 5.82 Å². The summed E-state index contributed by atoms with van der Waals surface area (Å²) < 4.78 is 1.80. The number of anilines is 1. The minimum absolute atomic E-state index is 0.308. The van der Waals surface area contributed by atoms with Crippen molar-refractivity contribution in [3.63, 3.8) is 0 Å². The highest BCUT2D eigenvalue weighted by Crippen LogP contribution is 2.22. The van der Waals surface area contributed by atoms with Crippen molar-refractivity contribution in [2.75, 3.05) is 18.0 Å². The summed E-state index contributed by atoms with van der Waals surface area (Å²) in [5.41, 5.74) is 1.99. The van der Waals surface area contributed by atoms with Crippen LogP contribution in [0.15, 0.2) is 18.5 Å². The van der Waals surface area contributed by atoms with Crippen molar-refractivity contribution in [3.8, 4) is 5.82 Å². The van der Waals surface area contributed by atoms with E-state index in [0.717, 1.165) is 30.2 Å². The first kappa shape index (κ1) is 14.0. The minimum Gasteiger partial charge on any atom is -0.391 e. The first-order valence-corrected chi connectivity index (χ1v) is 7.33. The smallest absolute Gasteiger partial charge is 0.174 e. The van der Waals surface area contributed by atoms with Crippen molar-refractivity contribution < 1.29 is 5.11 Å². The monoisotopic (exact) mass is 287 g/mol. The van der Waals surface area contributed by atoms with Crippen molar-refractivity contribution in [2.24, 2.45) is 5.92 Å². The molecule has 0 aromatic carbocycles. The molecule has 2 atom stereocenters. The van der Waals surface area contributed by atoms with Crippen LogP contribution in [0.1, 0.15) is 24.7 Å². The fourth-order valence-corrected chi connectivity index (χ4v) is 2.72. The Morgan fingerprint density at radius 3 is 2.67 bits per heavy atom. The zero-order valence-electron chi connectivity index (χ0n) is 12.7. The standard InChI is InChI=1S/C15H21N5O/c1-10-4-5-19(9-13(10)21)14-7-16-8-15(17-14)20-12(3)6-11(2)18-20/h6-8,10,13,21H,4-5,9H2,1-3H3. The quantitative estimate of drug-likeness (QED) is 0.906. The Labute approximate surface area is 124 Å². The van der Waals surface area contributed by atoms with Gasteiger partial charge >= 0.3 is 0 Å². The fourth-order valence-electron chi connectivity index (χ4n) is 2.72. The van der Waals surface area contributed by atoms with Crippen LogP contribution in [0, 0.1) is 19.8 Å². The van der Waals surface area contributed by atoms with Crippen molar-refractivity contribution in [3.05, 3.63) is 29.8 Å². The van der Waals surface area contributed by atoms with Gasteiger partial charge in [0.05, 0.1) is 24.2 Å². The summed E-state index contributed by atoms with van der Waals surface area (Å²) in [4.78, 5) is 11.0. The third-order valence-electron chi connectivity index (χ3n) is 4.08. The van der Waals surface area contributed by atoms with Crippen LogP contribution in [0.4, 0.5) is 5.82 Å². The Hall–Kier alpha value is -1.95. The normalized spacial score (nSPS) is 22.6. The lowest BCUT2D eigenvalue weighted by Crippen LogP contribution is -2.43. The second-order valence-corrected chi connectivity index (χ2v) is 5.85. The Morgan fingerprint density at radius 2 is 2.00 bits per heavy atom. The minimum atomic E-state index is -0.308. The van der Waals surface area contributed by atoms with Gasteiger partial charge in [-0.3, -0.25) is 4.98 Å². The van der Waals surface area contributed by atoms with Gasteiger partial charge in [-0.15, -0.1) is 0 Å². The summed E-state index contributed by atoms with van der Waals surface area (Å²) in [6.07, 6.45) is 4.12. The van der Waals surface area contributed by atoms with Crippen LogP contribution in [-0.4, -0.2) is 44.0 Å². The van der Waals surface area contributed by atoms with Crippen LogP contribution in [0.2, 0.25) is 0 Å². The van der Waals surface area contributed by atoms with Gasteiger partial charge in [-0.25, -0.2) is 9.67 Å². The topological polar surface area (TPSA) is 67.1 Å². The largest absolute Gasteiger partial charge is 0.391 e. The third-order valence-corrected chi connectivity index (χ3v) is 4.08.